The number of aromatic nitrogens is 1. The number of ether oxygens (including phenoxy) is 1. The van der Waals surface area contributed by atoms with Crippen LogP contribution in [-0.4, -0.2) is 11.1 Å². The van der Waals surface area contributed by atoms with Gasteiger partial charge < -0.3 is 15.5 Å². The molecule has 1 aliphatic carbocycles. The Morgan fingerprint density at radius 1 is 1.19 bits per heavy atom. The monoisotopic (exact) mass is 366 g/mol. The van der Waals surface area contributed by atoms with Gasteiger partial charge in [-0.1, -0.05) is 25.3 Å². The highest BCUT2D eigenvalue weighted by Gasteiger charge is 2.22. The second kappa shape index (κ2) is 8.03. The van der Waals surface area contributed by atoms with Gasteiger partial charge >= 0.3 is 0 Å². The highest BCUT2D eigenvalue weighted by atomic mass is 19.1. The Hall–Kier alpha value is -3.16. The molecule has 1 aromatic carbocycles. The molecule has 0 bridgehead atoms. The average molecular weight is 366 g/mol. The van der Waals surface area contributed by atoms with Gasteiger partial charge in [-0.25, -0.2) is 4.39 Å². The van der Waals surface area contributed by atoms with Crippen molar-refractivity contribution >= 4 is 5.82 Å². The molecule has 1 saturated carbocycles. The summed E-state index contributed by atoms with van der Waals surface area (Å²) >= 11 is 0. The number of hydrogen-bond acceptors (Lipinski definition) is 5. The summed E-state index contributed by atoms with van der Waals surface area (Å²) in [5.41, 5.74) is 5.82. The van der Waals surface area contributed by atoms with E-state index < -0.39 is 11.4 Å². The SMILES string of the molecule is N#Cc1c(N)[nH]c(=O)c(C#N)c1-c1ccc(F)cc1COC1CCCCC1. The van der Waals surface area contributed by atoms with Gasteiger partial charge in [-0.15, -0.1) is 0 Å². The van der Waals surface area contributed by atoms with Crippen molar-refractivity contribution in [2.45, 2.75) is 44.8 Å². The van der Waals surface area contributed by atoms with Gasteiger partial charge in [0.15, 0.2) is 0 Å². The van der Waals surface area contributed by atoms with E-state index in [4.69, 9.17) is 10.5 Å². The van der Waals surface area contributed by atoms with Crippen molar-refractivity contribution in [2.24, 2.45) is 0 Å². The van der Waals surface area contributed by atoms with Crippen molar-refractivity contribution in [2.75, 3.05) is 5.73 Å². The Kier molecular flexibility index (Phi) is 5.54. The van der Waals surface area contributed by atoms with E-state index in [1.54, 1.807) is 0 Å². The van der Waals surface area contributed by atoms with Crippen LogP contribution in [0.4, 0.5) is 10.2 Å². The Bertz CT molecular complexity index is 995. The topological polar surface area (TPSA) is 116 Å². The number of halogens is 1. The molecule has 0 unspecified atom stereocenters. The molecular formula is C20H19FN4O2. The smallest absolute Gasteiger partial charge is 0.268 e. The maximum atomic E-state index is 13.9. The third-order valence-corrected chi connectivity index (χ3v) is 4.83. The molecule has 6 nitrogen and oxygen atoms in total. The Morgan fingerprint density at radius 3 is 2.56 bits per heavy atom. The summed E-state index contributed by atoms with van der Waals surface area (Å²) in [6, 6.07) is 7.73. The van der Waals surface area contributed by atoms with E-state index in [0.29, 0.717) is 11.1 Å². The first kappa shape index (κ1) is 18.6. The predicted molar refractivity (Wildman–Crippen MR) is 98.0 cm³/mol. The lowest BCUT2D eigenvalue weighted by atomic mass is 9.92. The van der Waals surface area contributed by atoms with Crippen molar-refractivity contribution in [1.29, 1.82) is 10.5 Å². The summed E-state index contributed by atoms with van der Waals surface area (Å²) in [5, 5.41) is 18.9. The molecule has 7 heteroatoms. The molecule has 1 heterocycles. The molecule has 0 saturated heterocycles. The number of nitrogen functional groups attached to an aromatic ring is 1. The fraction of sp³-hybridized carbons (Fsp3) is 0.350. The molecule has 1 aliphatic rings. The fourth-order valence-electron chi connectivity index (χ4n) is 3.48. The molecule has 1 aromatic heterocycles. The van der Waals surface area contributed by atoms with Gasteiger partial charge in [0, 0.05) is 5.56 Å². The lowest BCUT2D eigenvalue weighted by Crippen LogP contribution is -2.18. The number of nitriles is 2. The highest BCUT2D eigenvalue weighted by molar-refractivity contribution is 5.81. The molecule has 0 aliphatic heterocycles. The molecule has 1 fully saturated rings. The van der Waals surface area contributed by atoms with Gasteiger partial charge in [0.2, 0.25) is 0 Å². The lowest BCUT2D eigenvalue weighted by molar-refractivity contribution is 0.0170. The first-order chi connectivity index (χ1) is 13.0. The second-order valence-electron chi connectivity index (χ2n) is 6.59. The molecule has 2 aromatic rings. The van der Waals surface area contributed by atoms with E-state index in [2.05, 4.69) is 4.98 Å². The Labute approximate surface area is 156 Å². The lowest BCUT2D eigenvalue weighted by Gasteiger charge is -2.23. The minimum absolute atomic E-state index is 0.0170. The van der Waals surface area contributed by atoms with Crippen LogP contribution in [0, 0.1) is 28.5 Å². The Balaban J connectivity index is 2.09. The van der Waals surface area contributed by atoms with Crippen LogP contribution in [0.15, 0.2) is 23.0 Å². The number of anilines is 1. The second-order valence-corrected chi connectivity index (χ2v) is 6.59. The first-order valence-electron chi connectivity index (χ1n) is 8.81. The number of rotatable bonds is 4. The van der Waals surface area contributed by atoms with Crippen molar-refractivity contribution in [1.82, 2.24) is 4.98 Å². The van der Waals surface area contributed by atoms with E-state index in [9.17, 15) is 19.7 Å². The van der Waals surface area contributed by atoms with Crippen LogP contribution in [0.3, 0.4) is 0 Å². The van der Waals surface area contributed by atoms with E-state index in [1.807, 2.05) is 12.1 Å². The van der Waals surface area contributed by atoms with Gasteiger partial charge in [0.1, 0.15) is 34.9 Å². The zero-order valence-corrected chi connectivity index (χ0v) is 14.7. The first-order valence-corrected chi connectivity index (χ1v) is 8.81. The van der Waals surface area contributed by atoms with Crippen molar-refractivity contribution in [3.05, 3.63) is 51.1 Å². The summed E-state index contributed by atoms with van der Waals surface area (Å²) in [4.78, 5) is 14.4. The molecule has 0 radical (unpaired) electrons. The quantitative estimate of drug-likeness (QED) is 0.861. The number of hydrogen-bond donors (Lipinski definition) is 2. The molecule has 0 spiro atoms. The summed E-state index contributed by atoms with van der Waals surface area (Å²) < 4.78 is 19.8. The van der Waals surface area contributed by atoms with Gasteiger partial charge in [0.25, 0.3) is 5.56 Å². The standard InChI is InChI=1S/C20H19FN4O2/c21-13-6-7-15(12(8-13)11-27-14-4-2-1-3-5-14)18-16(9-22)19(24)25-20(26)17(18)10-23/h6-8,14H,1-5,11H2,(H3,24,25,26). The maximum absolute atomic E-state index is 13.9. The van der Waals surface area contributed by atoms with E-state index >= 15 is 0 Å². The molecule has 3 rings (SSSR count). The highest BCUT2D eigenvalue weighted by Crippen LogP contribution is 2.32. The van der Waals surface area contributed by atoms with Gasteiger partial charge in [0.05, 0.1) is 12.7 Å². The number of pyridine rings is 1. The normalized spacial score (nSPS) is 14.5. The van der Waals surface area contributed by atoms with Crippen LogP contribution >= 0.6 is 0 Å². The molecule has 0 atom stereocenters. The molecular weight excluding hydrogens is 347 g/mol. The van der Waals surface area contributed by atoms with Crippen LogP contribution in [0.2, 0.25) is 0 Å². The zero-order valence-electron chi connectivity index (χ0n) is 14.7. The van der Waals surface area contributed by atoms with Crippen molar-refractivity contribution < 1.29 is 9.13 Å². The minimum Gasteiger partial charge on any atom is -0.384 e. The maximum Gasteiger partial charge on any atom is 0.268 e. The van der Waals surface area contributed by atoms with E-state index in [-0.39, 0.29) is 35.2 Å². The number of nitrogens with one attached hydrogen (secondary N) is 1. The van der Waals surface area contributed by atoms with Crippen LogP contribution in [-0.2, 0) is 11.3 Å². The average Bonchev–Trinajstić information content (AvgIpc) is 2.67. The molecule has 138 valence electrons. The van der Waals surface area contributed by atoms with Crippen LogP contribution in [0.5, 0.6) is 0 Å². The van der Waals surface area contributed by atoms with E-state index in [1.165, 1.54) is 24.6 Å². The number of nitrogens with zero attached hydrogens (tertiary/aromatic N) is 2. The molecule has 3 N–H and O–H groups in total. The van der Waals surface area contributed by atoms with E-state index in [0.717, 1.165) is 25.7 Å². The summed E-state index contributed by atoms with van der Waals surface area (Å²) in [5.74, 6) is -0.587. The number of aromatic amines is 1. The number of nitrogens with two attached hydrogens (primary N) is 1. The van der Waals surface area contributed by atoms with Gasteiger partial charge in [-0.3, -0.25) is 4.79 Å². The molecule has 0 amide bonds. The van der Waals surface area contributed by atoms with Crippen LogP contribution < -0.4 is 11.3 Å². The minimum atomic E-state index is -0.688. The third kappa shape index (κ3) is 3.84. The predicted octanol–water partition coefficient (Wildman–Crippen LogP) is 3.36. The van der Waals surface area contributed by atoms with Crippen LogP contribution in [0.1, 0.15) is 48.8 Å². The van der Waals surface area contributed by atoms with Crippen molar-refractivity contribution in [3.8, 4) is 23.3 Å². The third-order valence-electron chi connectivity index (χ3n) is 4.83. The van der Waals surface area contributed by atoms with Gasteiger partial charge in [-0.05, 0) is 36.1 Å². The van der Waals surface area contributed by atoms with Crippen molar-refractivity contribution in [3.63, 3.8) is 0 Å². The summed E-state index contributed by atoms with van der Waals surface area (Å²) in [6.45, 7) is 0.125. The summed E-state index contributed by atoms with van der Waals surface area (Å²) in [7, 11) is 0. The zero-order chi connectivity index (χ0) is 19.4. The largest absolute Gasteiger partial charge is 0.384 e. The Morgan fingerprint density at radius 2 is 1.89 bits per heavy atom. The number of H-pyrrole nitrogens is 1. The molecule has 27 heavy (non-hydrogen) atoms. The summed E-state index contributed by atoms with van der Waals surface area (Å²) in [6.07, 6.45) is 5.40. The number of benzene rings is 1. The fourth-order valence-corrected chi connectivity index (χ4v) is 3.48. The van der Waals surface area contributed by atoms with Crippen LogP contribution in [0.25, 0.3) is 11.1 Å². The van der Waals surface area contributed by atoms with Gasteiger partial charge in [-0.2, -0.15) is 10.5 Å².